The summed E-state index contributed by atoms with van der Waals surface area (Å²) in [6.07, 6.45) is 3.66. The minimum absolute atomic E-state index is 1.19. The quantitative estimate of drug-likeness (QED) is 0.312. The largest absolute Gasteiger partial charge is 0.265 e. The molecule has 0 saturated carbocycles. The predicted molar refractivity (Wildman–Crippen MR) is 127 cm³/mol. The Morgan fingerprint density at radius 1 is 0.414 bits per heavy atom. The Kier molecular flexibility index (Phi) is 4.68. The van der Waals surface area contributed by atoms with Gasteiger partial charge in [-0.05, 0) is 73.7 Å². The Labute approximate surface area is 173 Å². The first-order valence-electron chi connectivity index (χ1n) is 9.67. The molecule has 5 aromatic rings. The van der Waals surface area contributed by atoms with Crippen molar-refractivity contribution in [3.05, 3.63) is 109 Å². The molecule has 0 saturated heterocycles. The molecule has 0 bridgehead atoms. The Balaban J connectivity index is 1.51. The van der Waals surface area contributed by atoms with Gasteiger partial charge in [0.1, 0.15) is 0 Å². The molecule has 0 amide bonds. The van der Waals surface area contributed by atoms with Crippen molar-refractivity contribution in [2.75, 3.05) is 0 Å². The highest BCUT2D eigenvalue weighted by Gasteiger charge is 2.04. The molecule has 0 radical (unpaired) electrons. The van der Waals surface area contributed by atoms with E-state index in [2.05, 4.69) is 99.2 Å². The molecular weight excluding hydrogens is 369 g/mol. The molecule has 0 aliphatic carbocycles. The highest BCUT2D eigenvalue weighted by atomic mass is 31.0. The van der Waals surface area contributed by atoms with Crippen LogP contribution in [0.1, 0.15) is 0 Å². The second-order valence-electron chi connectivity index (χ2n) is 7.21. The minimum Gasteiger partial charge on any atom is -0.265 e. The van der Waals surface area contributed by atoms with Gasteiger partial charge in [0.05, 0.1) is 0 Å². The normalized spacial score (nSPS) is 10.9. The molecule has 1 nitrogen and oxygen atoms in total. The van der Waals surface area contributed by atoms with E-state index in [1.807, 2.05) is 24.5 Å². The summed E-state index contributed by atoms with van der Waals surface area (Å²) in [7, 11) is 2.74. The van der Waals surface area contributed by atoms with Crippen molar-refractivity contribution >= 4 is 25.3 Å². The third kappa shape index (κ3) is 3.70. The third-order valence-electron chi connectivity index (χ3n) is 5.32. The summed E-state index contributed by atoms with van der Waals surface area (Å²) >= 11 is 0. The molecule has 2 heteroatoms. The zero-order valence-corrected chi connectivity index (χ0v) is 17.1. The van der Waals surface area contributed by atoms with Gasteiger partial charge in [-0.1, -0.05) is 72.8 Å². The molecule has 4 aromatic carbocycles. The number of fused-ring (bicyclic) bond motifs is 1. The summed E-state index contributed by atoms with van der Waals surface area (Å²) in [5.41, 5.74) is 7.33. The minimum atomic E-state index is 1.19. The molecule has 0 fully saturated rings. The van der Waals surface area contributed by atoms with Crippen LogP contribution in [-0.4, -0.2) is 4.98 Å². The standard InChI is InChI=1S/C27H20NP/c29-27-11-9-21(10-12-27)25-8-6-22-5-7-24(17-26(22)18-25)20-3-1-19(2-4-20)23-13-15-28-16-14-23/h1-18H,29H2. The lowest BCUT2D eigenvalue weighted by molar-refractivity contribution is 1.33. The molecule has 1 unspecified atom stereocenters. The molecule has 0 N–H and O–H groups in total. The van der Waals surface area contributed by atoms with Crippen LogP contribution >= 0.6 is 9.24 Å². The highest BCUT2D eigenvalue weighted by molar-refractivity contribution is 7.27. The number of benzene rings is 4. The number of aromatic nitrogens is 1. The fourth-order valence-electron chi connectivity index (χ4n) is 3.68. The Morgan fingerprint density at radius 3 is 1.38 bits per heavy atom. The number of rotatable bonds is 3. The van der Waals surface area contributed by atoms with Crippen molar-refractivity contribution in [1.82, 2.24) is 4.98 Å². The van der Waals surface area contributed by atoms with Crippen molar-refractivity contribution in [1.29, 1.82) is 0 Å². The molecule has 0 aliphatic heterocycles. The molecule has 1 atom stereocenters. The smallest absolute Gasteiger partial charge is 0.0273 e. The van der Waals surface area contributed by atoms with Crippen LogP contribution in [0, 0.1) is 0 Å². The van der Waals surface area contributed by atoms with Gasteiger partial charge < -0.3 is 0 Å². The lowest BCUT2D eigenvalue weighted by Crippen LogP contribution is -1.88. The average molecular weight is 389 g/mol. The lowest BCUT2D eigenvalue weighted by Gasteiger charge is -2.08. The SMILES string of the molecule is Pc1ccc(-c2ccc3ccc(-c4ccc(-c5ccncc5)cc4)cc3c2)cc1. The van der Waals surface area contributed by atoms with Crippen LogP contribution in [0.25, 0.3) is 44.2 Å². The van der Waals surface area contributed by atoms with E-state index in [1.165, 1.54) is 49.5 Å². The van der Waals surface area contributed by atoms with E-state index >= 15 is 0 Å². The van der Waals surface area contributed by atoms with Crippen LogP contribution in [0.2, 0.25) is 0 Å². The van der Waals surface area contributed by atoms with E-state index in [0.717, 1.165) is 0 Å². The first-order chi connectivity index (χ1) is 14.3. The number of nitrogens with zero attached hydrogens (tertiary/aromatic N) is 1. The summed E-state index contributed by atoms with van der Waals surface area (Å²) in [4.78, 5) is 4.10. The summed E-state index contributed by atoms with van der Waals surface area (Å²) in [6, 6.07) is 34.8. The monoisotopic (exact) mass is 389 g/mol. The summed E-state index contributed by atoms with van der Waals surface area (Å²) in [5, 5.41) is 3.72. The Morgan fingerprint density at radius 2 is 0.828 bits per heavy atom. The molecule has 0 spiro atoms. The predicted octanol–water partition coefficient (Wildman–Crippen LogP) is 6.74. The van der Waals surface area contributed by atoms with Crippen LogP contribution in [-0.2, 0) is 0 Å². The van der Waals surface area contributed by atoms with E-state index in [0.29, 0.717) is 0 Å². The van der Waals surface area contributed by atoms with Gasteiger partial charge in [0, 0.05) is 12.4 Å². The number of hydrogen-bond acceptors (Lipinski definition) is 1. The van der Waals surface area contributed by atoms with Crippen molar-refractivity contribution in [3.63, 3.8) is 0 Å². The molecule has 138 valence electrons. The number of pyridine rings is 1. The third-order valence-corrected chi connectivity index (χ3v) is 5.70. The molecule has 1 aromatic heterocycles. The maximum Gasteiger partial charge on any atom is 0.0273 e. The molecule has 0 aliphatic rings. The van der Waals surface area contributed by atoms with Crippen molar-refractivity contribution in [3.8, 4) is 33.4 Å². The highest BCUT2D eigenvalue weighted by Crippen LogP contribution is 2.30. The Bertz CT molecular complexity index is 1270. The molecule has 1 heterocycles. The average Bonchev–Trinajstić information content (AvgIpc) is 2.79. The zero-order chi connectivity index (χ0) is 19.6. The first-order valence-corrected chi connectivity index (χ1v) is 10.2. The van der Waals surface area contributed by atoms with Gasteiger partial charge in [-0.3, -0.25) is 4.98 Å². The van der Waals surface area contributed by atoms with Gasteiger partial charge in [0.15, 0.2) is 0 Å². The van der Waals surface area contributed by atoms with Crippen molar-refractivity contribution < 1.29 is 0 Å². The van der Waals surface area contributed by atoms with Gasteiger partial charge in [0.2, 0.25) is 0 Å². The summed E-state index contributed by atoms with van der Waals surface area (Å²) in [5.74, 6) is 0. The van der Waals surface area contributed by atoms with Crippen molar-refractivity contribution in [2.45, 2.75) is 0 Å². The maximum absolute atomic E-state index is 4.10. The van der Waals surface area contributed by atoms with Crippen LogP contribution in [0.15, 0.2) is 109 Å². The van der Waals surface area contributed by atoms with Crippen LogP contribution in [0.5, 0.6) is 0 Å². The van der Waals surface area contributed by atoms with E-state index in [-0.39, 0.29) is 0 Å². The van der Waals surface area contributed by atoms with Gasteiger partial charge in [-0.2, -0.15) is 0 Å². The van der Waals surface area contributed by atoms with Crippen LogP contribution < -0.4 is 5.30 Å². The molecule has 5 rings (SSSR count). The van der Waals surface area contributed by atoms with E-state index in [1.54, 1.807) is 0 Å². The zero-order valence-electron chi connectivity index (χ0n) is 15.9. The summed E-state index contributed by atoms with van der Waals surface area (Å²) in [6.45, 7) is 0. The van der Waals surface area contributed by atoms with E-state index in [4.69, 9.17) is 0 Å². The summed E-state index contributed by atoms with van der Waals surface area (Å²) < 4.78 is 0. The van der Waals surface area contributed by atoms with E-state index in [9.17, 15) is 0 Å². The van der Waals surface area contributed by atoms with Gasteiger partial charge in [-0.15, -0.1) is 9.24 Å². The topological polar surface area (TPSA) is 12.9 Å². The van der Waals surface area contributed by atoms with Gasteiger partial charge in [0.25, 0.3) is 0 Å². The number of hydrogen-bond donors (Lipinski definition) is 0. The van der Waals surface area contributed by atoms with Crippen LogP contribution in [0.4, 0.5) is 0 Å². The fraction of sp³-hybridized carbons (Fsp3) is 0. The second kappa shape index (κ2) is 7.62. The maximum atomic E-state index is 4.10. The second-order valence-corrected chi connectivity index (χ2v) is 7.88. The Hall–Kier alpha value is -3.28. The van der Waals surface area contributed by atoms with Crippen molar-refractivity contribution in [2.24, 2.45) is 0 Å². The fourth-order valence-corrected chi connectivity index (χ4v) is 3.87. The van der Waals surface area contributed by atoms with E-state index < -0.39 is 0 Å². The van der Waals surface area contributed by atoms with Gasteiger partial charge >= 0.3 is 0 Å². The molecule has 29 heavy (non-hydrogen) atoms. The lowest BCUT2D eigenvalue weighted by atomic mass is 9.96. The first kappa shape index (κ1) is 17.8. The van der Waals surface area contributed by atoms with Gasteiger partial charge in [-0.25, -0.2) is 0 Å². The van der Waals surface area contributed by atoms with Crippen LogP contribution in [0.3, 0.4) is 0 Å². The molecular formula is C27H20NP.